The van der Waals surface area contributed by atoms with Gasteiger partial charge < -0.3 is 5.11 Å². The second-order valence-corrected chi connectivity index (χ2v) is 6.81. The molecule has 0 heterocycles. The SMILES string of the molecule is CCCC(C)NS(=O)(=O)c1cc(Cl)cc(C(=O)O)c1C. The predicted molar refractivity (Wildman–Crippen MR) is 77.8 cm³/mol. The molecule has 1 aromatic carbocycles. The second-order valence-electron chi connectivity index (χ2n) is 4.69. The van der Waals surface area contributed by atoms with Crippen LogP contribution in [0.25, 0.3) is 0 Å². The van der Waals surface area contributed by atoms with Crippen molar-refractivity contribution in [1.29, 1.82) is 0 Å². The molecule has 0 aliphatic heterocycles. The number of carboxylic acids is 1. The zero-order chi connectivity index (χ0) is 15.5. The highest BCUT2D eigenvalue weighted by molar-refractivity contribution is 7.89. The Balaban J connectivity index is 3.28. The van der Waals surface area contributed by atoms with Crippen LogP contribution < -0.4 is 4.72 Å². The summed E-state index contributed by atoms with van der Waals surface area (Å²) in [5.41, 5.74) is 0.0686. The van der Waals surface area contributed by atoms with Crippen molar-refractivity contribution in [2.75, 3.05) is 0 Å². The van der Waals surface area contributed by atoms with Crippen LogP contribution in [-0.4, -0.2) is 25.5 Å². The number of benzene rings is 1. The second kappa shape index (κ2) is 6.56. The molecule has 112 valence electrons. The van der Waals surface area contributed by atoms with Gasteiger partial charge in [-0.1, -0.05) is 24.9 Å². The van der Waals surface area contributed by atoms with Gasteiger partial charge in [0, 0.05) is 11.1 Å². The van der Waals surface area contributed by atoms with Gasteiger partial charge in [-0.25, -0.2) is 17.9 Å². The largest absolute Gasteiger partial charge is 0.478 e. The lowest BCUT2D eigenvalue weighted by atomic mass is 10.1. The third-order valence-electron chi connectivity index (χ3n) is 2.92. The van der Waals surface area contributed by atoms with Crippen molar-refractivity contribution in [2.45, 2.75) is 44.6 Å². The standard InChI is InChI=1S/C13H18ClNO4S/c1-4-5-8(2)15-20(18,19)12-7-10(14)6-11(9(12)3)13(16)17/h6-8,15H,4-5H2,1-3H3,(H,16,17). The third kappa shape index (κ3) is 3.94. The van der Waals surface area contributed by atoms with E-state index in [1.807, 2.05) is 6.92 Å². The summed E-state index contributed by atoms with van der Waals surface area (Å²) in [5, 5.41) is 9.15. The first-order chi connectivity index (χ1) is 9.19. The quantitative estimate of drug-likeness (QED) is 0.844. The van der Waals surface area contributed by atoms with Gasteiger partial charge in [-0.2, -0.15) is 0 Å². The normalized spacial score (nSPS) is 13.2. The van der Waals surface area contributed by atoms with E-state index in [4.69, 9.17) is 16.7 Å². The number of nitrogens with one attached hydrogen (secondary N) is 1. The molecule has 0 amide bonds. The molecule has 0 fully saturated rings. The van der Waals surface area contributed by atoms with E-state index in [0.29, 0.717) is 6.42 Å². The lowest BCUT2D eigenvalue weighted by Gasteiger charge is -2.16. The molecule has 0 aliphatic carbocycles. The summed E-state index contributed by atoms with van der Waals surface area (Å²) in [5.74, 6) is -1.21. The molecule has 20 heavy (non-hydrogen) atoms. The summed E-state index contributed by atoms with van der Waals surface area (Å²) >= 11 is 5.81. The topological polar surface area (TPSA) is 83.5 Å². The van der Waals surface area contributed by atoms with Gasteiger partial charge in [0.05, 0.1) is 10.5 Å². The van der Waals surface area contributed by atoms with Crippen molar-refractivity contribution in [2.24, 2.45) is 0 Å². The first kappa shape index (κ1) is 16.9. The molecule has 2 N–H and O–H groups in total. The summed E-state index contributed by atoms with van der Waals surface area (Å²) in [6.07, 6.45) is 1.54. The maximum Gasteiger partial charge on any atom is 0.336 e. The Morgan fingerprint density at radius 2 is 2.05 bits per heavy atom. The van der Waals surface area contributed by atoms with Gasteiger partial charge in [0.1, 0.15) is 0 Å². The highest BCUT2D eigenvalue weighted by Gasteiger charge is 2.23. The molecule has 1 aromatic rings. The van der Waals surface area contributed by atoms with Crippen LogP contribution in [0.2, 0.25) is 5.02 Å². The van der Waals surface area contributed by atoms with Crippen molar-refractivity contribution in [1.82, 2.24) is 4.72 Å². The summed E-state index contributed by atoms with van der Waals surface area (Å²) in [7, 11) is -3.79. The number of aromatic carboxylic acids is 1. The molecule has 7 heteroatoms. The van der Waals surface area contributed by atoms with E-state index < -0.39 is 16.0 Å². The van der Waals surface area contributed by atoms with Gasteiger partial charge in [-0.15, -0.1) is 0 Å². The molecule has 0 saturated carbocycles. The first-order valence-corrected chi connectivity index (χ1v) is 8.11. The Morgan fingerprint density at radius 1 is 1.45 bits per heavy atom. The van der Waals surface area contributed by atoms with E-state index in [-0.39, 0.29) is 27.1 Å². The van der Waals surface area contributed by atoms with Gasteiger partial charge in [0.2, 0.25) is 10.0 Å². The summed E-state index contributed by atoms with van der Waals surface area (Å²) in [6.45, 7) is 5.18. The molecule has 1 rings (SSSR count). The number of hydrogen-bond donors (Lipinski definition) is 2. The van der Waals surface area contributed by atoms with Gasteiger partial charge in [0.25, 0.3) is 0 Å². The molecular weight excluding hydrogens is 302 g/mol. The minimum atomic E-state index is -3.79. The van der Waals surface area contributed by atoms with Crippen LogP contribution in [0.15, 0.2) is 17.0 Å². The minimum Gasteiger partial charge on any atom is -0.478 e. The summed E-state index contributed by atoms with van der Waals surface area (Å²) < 4.78 is 27.1. The van der Waals surface area contributed by atoms with E-state index in [0.717, 1.165) is 6.42 Å². The van der Waals surface area contributed by atoms with Crippen LogP contribution in [0.4, 0.5) is 0 Å². The van der Waals surface area contributed by atoms with Crippen LogP contribution in [0.5, 0.6) is 0 Å². The number of carboxylic acid groups (broad SMARTS) is 1. The summed E-state index contributed by atoms with van der Waals surface area (Å²) in [6, 6.07) is 2.29. The van der Waals surface area contributed by atoms with E-state index in [1.54, 1.807) is 6.92 Å². The fourth-order valence-corrected chi connectivity index (χ4v) is 3.83. The zero-order valence-corrected chi connectivity index (χ0v) is 13.2. The summed E-state index contributed by atoms with van der Waals surface area (Å²) in [4.78, 5) is 11.0. The van der Waals surface area contributed by atoms with Gasteiger partial charge in [0.15, 0.2) is 0 Å². The maximum absolute atomic E-state index is 12.3. The number of hydrogen-bond acceptors (Lipinski definition) is 3. The van der Waals surface area contributed by atoms with Crippen molar-refractivity contribution in [3.8, 4) is 0 Å². The molecular formula is C13H18ClNO4S. The molecule has 0 aliphatic rings. The molecule has 0 spiro atoms. The molecule has 0 saturated heterocycles. The Morgan fingerprint density at radius 3 is 2.55 bits per heavy atom. The van der Waals surface area contributed by atoms with Crippen LogP contribution in [0.3, 0.4) is 0 Å². The third-order valence-corrected chi connectivity index (χ3v) is 4.86. The predicted octanol–water partition coefficient (Wildman–Crippen LogP) is 2.81. The average Bonchev–Trinajstić information content (AvgIpc) is 2.30. The highest BCUT2D eigenvalue weighted by atomic mass is 35.5. The van der Waals surface area contributed by atoms with Crippen LogP contribution in [-0.2, 0) is 10.0 Å². The van der Waals surface area contributed by atoms with Gasteiger partial charge in [-0.05, 0) is 38.0 Å². The van der Waals surface area contributed by atoms with Crippen molar-refractivity contribution < 1.29 is 18.3 Å². The number of halogens is 1. The fourth-order valence-electron chi connectivity index (χ4n) is 1.98. The Bertz CT molecular complexity index is 613. The lowest BCUT2D eigenvalue weighted by Crippen LogP contribution is -2.33. The first-order valence-electron chi connectivity index (χ1n) is 6.24. The molecule has 5 nitrogen and oxygen atoms in total. The molecule has 0 bridgehead atoms. The molecule has 1 unspecified atom stereocenters. The number of sulfonamides is 1. The average molecular weight is 320 g/mol. The van der Waals surface area contributed by atoms with Crippen LogP contribution in [0.1, 0.15) is 42.6 Å². The highest BCUT2D eigenvalue weighted by Crippen LogP contribution is 2.24. The van der Waals surface area contributed by atoms with E-state index in [1.165, 1.54) is 19.1 Å². The molecule has 0 radical (unpaired) electrons. The van der Waals surface area contributed by atoms with Gasteiger partial charge >= 0.3 is 5.97 Å². The molecule has 0 aromatic heterocycles. The lowest BCUT2D eigenvalue weighted by molar-refractivity contribution is 0.0696. The number of carbonyl (C=O) groups is 1. The Labute approximate surface area is 124 Å². The zero-order valence-electron chi connectivity index (χ0n) is 11.6. The van der Waals surface area contributed by atoms with Crippen LogP contribution in [0, 0.1) is 6.92 Å². The smallest absolute Gasteiger partial charge is 0.336 e. The van der Waals surface area contributed by atoms with Crippen molar-refractivity contribution in [3.05, 3.63) is 28.3 Å². The monoisotopic (exact) mass is 319 g/mol. The number of rotatable bonds is 6. The van der Waals surface area contributed by atoms with E-state index >= 15 is 0 Å². The minimum absolute atomic E-state index is 0.0801. The van der Waals surface area contributed by atoms with Crippen LogP contribution >= 0.6 is 11.6 Å². The molecule has 1 atom stereocenters. The maximum atomic E-state index is 12.3. The Kier molecular flexibility index (Phi) is 5.56. The van der Waals surface area contributed by atoms with E-state index in [9.17, 15) is 13.2 Å². The van der Waals surface area contributed by atoms with Crippen molar-refractivity contribution in [3.63, 3.8) is 0 Å². The van der Waals surface area contributed by atoms with E-state index in [2.05, 4.69) is 4.72 Å². The van der Waals surface area contributed by atoms with Gasteiger partial charge in [-0.3, -0.25) is 0 Å². The fraction of sp³-hybridized carbons (Fsp3) is 0.462. The Hall–Kier alpha value is -1.11. The van der Waals surface area contributed by atoms with Crippen molar-refractivity contribution >= 4 is 27.6 Å².